The largest absolute Gasteiger partial charge is 0.548 e. The summed E-state index contributed by atoms with van der Waals surface area (Å²) in [5.41, 5.74) is 0. The van der Waals surface area contributed by atoms with E-state index in [-0.39, 0.29) is 0 Å². The monoisotopic (exact) mass is 303 g/mol. The molecule has 0 rings (SSSR count). The van der Waals surface area contributed by atoms with Gasteiger partial charge < -0.3 is 15.0 Å². The molecule has 0 fully saturated rings. The maximum atomic E-state index is 9.01. The zero-order valence-electron chi connectivity index (χ0n) is 14.6. The smallest absolute Gasteiger partial charge is 0.350 e. The summed E-state index contributed by atoms with van der Waals surface area (Å²) in [5.74, 6) is -0.0370. The standard InChI is InChI=1S/C13H30N3.C2H4O3/c1-7-14(8-2)13(15(9-3)10-4)16(11-5)12-6;3-1-2(4)5/h7-12H2,1-6H3;3H,1H2,(H,4,5)/q+1;/p-1. The summed E-state index contributed by atoms with van der Waals surface area (Å²) < 4.78 is 2.46. The van der Waals surface area contributed by atoms with Crippen molar-refractivity contribution < 1.29 is 19.6 Å². The number of aliphatic hydroxyl groups is 1. The molecule has 0 saturated heterocycles. The average molecular weight is 303 g/mol. The molecule has 0 bridgehead atoms. The van der Waals surface area contributed by atoms with Crippen LogP contribution in [0.15, 0.2) is 0 Å². The molecule has 0 heterocycles. The maximum absolute atomic E-state index is 9.01. The third kappa shape index (κ3) is 8.55. The van der Waals surface area contributed by atoms with Crippen molar-refractivity contribution in [2.45, 2.75) is 41.5 Å². The number of carboxylic acid groups (broad SMARTS) is 1. The van der Waals surface area contributed by atoms with Crippen LogP contribution in [-0.2, 0) is 4.79 Å². The second-order valence-corrected chi connectivity index (χ2v) is 4.35. The molecular weight excluding hydrogens is 270 g/mol. The molecule has 126 valence electrons. The van der Waals surface area contributed by atoms with Crippen LogP contribution in [0.5, 0.6) is 0 Å². The predicted molar refractivity (Wildman–Crippen MR) is 84.3 cm³/mol. The highest BCUT2D eigenvalue weighted by atomic mass is 16.4. The van der Waals surface area contributed by atoms with Crippen LogP contribution in [0.25, 0.3) is 0 Å². The number of carboxylic acids is 1. The van der Waals surface area contributed by atoms with Gasteiger partial charge in [-0.05, 0) is 41.5 Å². The van der Waals surface area contributed by atoms with Crippen molar-refractivity contribution in [3.63, 3.8) is 0 Å². The van der Waals surface area contributed by atoms with Crippen molar-refractivity contribution in [1.82, 2.24) is 9.80 Å². The Morgan fingerprint density at radius 3 is 1.33 bits per heavy atom. The van der Waals surface area contributed by atoms with Gasteiger partial charge in [0.15, 0.2) is 0 Å². The summed E-state index contributed by atoms with van der Waals surface area (Å²) in [6, 6.07) is 0. The van der Waals surface area contributed by atoms with Crippen LogP contribution in [0.3, 0.4) is 0 Å². The summed E-state index contributed by atoms with van der Waals surface area (Å²) >= 11 is 0. The average Bonchev–Trinajstić information content (AvgIpc) is 2.50. The molecular formula is C15H33N3O3. The van der Waals surface area contributed by atoms with Crippen LogP contribution in [0, 0.1) is 0 Å². The van der Waals surface area contributed by atoms with Gasteiger partial charge in [0.25, 0.3) is 0 Å². The molecule has 0 aromatic carbocycles. The number of carbonyl (C=O) groups is 1. The van der Waals surface area contributed by atoms with Crippen molar-refractivity contribution in [2.24, 2.45) is 0 Å². The van der Waals surface area contributed by atoms with Gasteiger partial charge >= 0.3 is 5.96 Å². The van der Waals surface area contributed by atoms with Crippen LogP contribution in [0.1, 0.15) is 41.5 Å². The second-order valence-electron chi connectivity index (χ2n) is 4.35. The van der Waals surface area contributed by atoms with E-state index >= 15 is 0 Å². The third-order valence-corrected chi connectivity index (χ3v) is 3.27. The van der Waals surface area contributed by atoms with Gasteiger partial charge in [-0.15, -0.1) is 0 Å². The summed E-state index contributed by atoms with van der Waals surface area (Å²) in [4.78, 5) is 13.9. The molecule has 0 aliphatic carbocycles. The minimum atomic E-state index is -1.44. The first-order chi connectivity index (χ1) is 9.96. The lowest BCUT2D eigenvalue weighted by Gasteiger charge is -2.27. The minimum Gasteiger partial charge on any atom is -0.548 e. The summed E-state index contributed by atoms with van der Waals surface area (Å²) in [6.45, 7) is 19.0. The van der Waals surface area contributed by atoms with E-state index in [9.17, 15) is 0 Å². The fourth-order valence-electron chi connectivity index (χ4n) is 2.12. The number of hydrogen-bond acceptors (Lipinski definition) is 3. The SMILES string of the molecule is CCN(CC)C(N(CC)CC)=[N+](CC)CC.O=C([O-])CO. The molecule has 0 saturated carbocycles. The number of aliphatic carboxylic acids is 1. The third-order valence-electron chi connectivity index (χ3n) is 3.27. The van der Waals surface area contributed by atoms with Gasteiger partial charge in [0.2, 0.25) is 0 Å². The summed E-state index contributed by atoms with van der Waals surface area (Å²) in [6.07, 6.45) is 0. The highest BCUT2D eigenvalue weighted by Gasteiger charge is 2.24. The molecule has 0 spiro atoms. The van der Waals surface area contributed by atoms with Gasteiger partial charge in [-0.2, -0.15) is 0 Å². The highest BCUT2D eigenvalue weighted by Crippen LogP contribution is 2.00. The van der Waals surface area contributed by atoms with Gasteiger partial charge in [0, 0.05) is 0 Å². The Labute approximate surface area is 129 Å². The summed E-state index contributed by atoms with van der Waals surface area (Å²) in [7, 11) is 0. The molecule has 0 aromatic heterocycles. The molecule has 0 aromatic rings. The zero-order chi connectivity index (χ0) is 16.8. The van der Waals surface area contributed by atoms with Crippen molar-refractivity contribution in [3.05, 3.63) is 0 Å². The van der Waals surface area contributed by atoms with Gasteiger partial charge in [-0.3, -0.25) is 14.4 Å². The van der Waals surface area contributed by atoms with E-state index in [0.717, 1.165) is 39.3 Å². The molecule has 0 amide bonds. The summed E-state index contributed by atoms with van der Waals surface area (Å²) in [5, 5.41) is 16.5. The Balaban J connectivity index is 0. The minimum absolute atomic E-state index is 0.889. The number of aliphatic hydroxyl groups excluding tert-OH is 1. The molecule has 0 aliphatic rings. The van der Waals surface area contributed by atoms with Crippen molar-refractivity contribution in [2.75, 3.05) is 45.9 Å². The normalized spacial score (nSPS) is 9.48. The van der Waals surface area contributed by atoms with E-state index in [2.05, 4.69) is 55.9 Å². The fourth-order valence-corrected chi connectivity index (χ4v) is 2.12. The van der Waals surface area contributed by atoms with Gasteiger partial charge in [0.05, 0.1) is 51.8 Å². The Morgan fingerprint density at radius 2 is 1.19 bits per heavy atom. The fraction of sp³-hybridized carbons (Fsp3) is 0.867. The van der Waals surface area contributed by atoms with E-state index in [0.29, 0.717) is 0 Å². The van der Waals surface area contributed by atoms with E-state index in [1.165, 1.54) is 5.96 Å². The van der Waals surface area contributed by atoms with Crippen LogP contribution >= 0.6 is 0 Å². The number of hydrogen-bond donors (Lipinski definition) is 1. The lowest BCUT2D eigenvalue weighted by atomic mass is 10.4. The van der Waals surface area contributed by atoms with Crippen molar-refractivity contribution >= 4 is 11.9 Å². The topological polar surface area (TPSA) is 69.9 Å². The molecule has 0 unspecified atom stereocenters. The molecule has 6 heteroatoms. The van der Waals surface area contributed by atoms with Crippen molar-refractivity contribution in [3.8, 4) is 0 Å². The van der Waals surface area contributed by atoms with Gasteiger partial charge in [-0.25, -0.2) is 0 Å². The highest BCUT2D eigenvalue weighted by molar-refractivity contribution is 5.75. The maximum Gasteiger partial charge on any atom is 0.350 e. The Hall–Kier alpha value is -1.30. The number of carbonyl (C=O) groups excluding carboxylic acids is 1. The van der Waals surface area contributed by atoms with E-state index in [1.54, 1.807) is 0 Å². The quantitative estimate of drug-likeness (QED) is 0.401. The molecule has 21 heavy (non-hydrogen) atoms. The first-order valence-corrected chi connectivity index (χ1v) is 7.89. The Bertz CT molecular complexity index is 279. The van der Waals surface area contributed by atoms with Crippen LogP contribution in [0.4, 0.5) is 0 Å². The van der Waals surface area contributed by atoms with Gasteiger partial charge in [-0.1, -0.05) is 0 Å². The van der Waals surface area contributed by atoms with E-state index < -0.39 is 12.6 Å². The number of nitrogens with zero attached hydrogens (tertiary/aromatic N) is 3. The van der Waals surface area contributed by atoms with Crippen LogP contribution < -0.4 is 5.11 Å². The molecule has 0 aliphatic heterocycles. The molecule has 1 N–H and O–H groups in total. The Kier molecular flexibility index (Phi) is 14.3. The first kappa shape index (κ1) is 22.0. The lowest BCUT2D eigenvalue weighted by Crippen LogP contribution is -2.49. The molecule has 0 radical (unpaired) electrons. The molecule has 6 nitrogen and oxygen atoms in total. The number of rotatable bonds is 7. The molecule has 0 atom stereocenters. The van der Waals surface area contributed by atoms with E-state index in [4.69, 9.17) is 15.0 Å². The van der Waals surface area contributed by atoms with E-state index in [1.807, 2.05) is 0 Å². The van der Waals surface area contributed by atoms with Crippen LogP contribution in [0.2, 0.25) is 0 Å². The first-order valence-electron chi connectivity index (χ1n) is 7.89. The van der Waals surface area contributed by atoms with Crippen LogP contribution in [-0.4, -0.2) is 77.3 Å². The van der Waals surface area contributed by atoms with Crippen molar-refractivity contribution in [1.29, 1.82) is 0 Å². The zero-order valence-corrected chi connectivity index (χ0v) is 14.6. The lowest BCUT2D eigenvalue weighted by molar-refractivity contribution is -0.531. The number of guanidine groups is 1. The second kappa shape index (κ2) is 13.7. The Morgan fingerprint density at radius 1 is 0.905 bits per heavy atom. The predicted octanol–water partition coefficient (Wildman–Crippen LogP) is -0.193. The van der Waals surface area contributed by atoms with Gasteiger partial charge in [0.1, 0.15) is 0 Å².